The number of hydrogen-bond acceptors (Lipinski definition) is 2. The number of nitrogens with one attached hydrogen (secondary N) is 4. The fourth-order valence-electron chi connectivity index (χ4n) is 8.05. The number of aryl methyl sites for hydroxylation is 1. The minimum Gasteiger partial charge on any atom is -0.352 e. The van der Waals surface area contributed by atoms with Crippen LogP contribution in [0.4, 0.5) is 24.5 Å². The Hall–Kier alpha value is -2.75. The lowest BCUT2D eigenvalue weighted by Crippen LogP contribution is -2.64. The minimum absolute atomic E-state index is 0.117. The Morgan fingerprint density at radius 2 is 1.45 bits per heavy atom. The summed E-state index contributed by atoms with van der Waals surface area (Å²) < 4.78 is 42.8. The third-order valence-electron chi connectivity index (χ3n) is 9.50. The molecular weight excluding hydrogens is 605 g/mol. The van der Waals surface area contributed by atoms with Crippen molar-refractivity contribution in [3.05, 3.63) is 58.1 Å². The second-order valence-electron chi connectivity index (χ2n) is 12.9. The molecule has 10 heteroatoms. The maximum Gasteiger partial charge on any atom is 0.418 e. The molecule has 226 valence electrons. The number of hydrazine groups is 1. The molecule has 42 heavy (non-hydrogen) atoms. The van der Waals surface area contributed by atoms with Crippen molar-refractivity contribution in [3.63, 3.8) is 0 Å². The van der Waals surface area contributed by atoms with Gasteiger partial charge in [0.1, 0.15) is 0 Å². The Kier molecular flexibility index (Phi) is 8.44. The van der Waals surface area contributed by atoms with Crippen LogP contribution in [-0.2, 0) is 6.18 Å². The first-order valence-electron chi connectivity index (χ1n) is 15.3. The highest BCUT2D eigenvalue weighted by molar-refractivity contribution is 9.10. The van der Waals surface area contributed by atoms with Gasteiger partial charge in [0, 0.05) is 16.1 Å². The van der Waals surface area contributed by atoms with Crippen molar-refractivity contribution < 1.29 is 13.2 Å². The first-order chi connectivity index (χ1) is 20.1. The van der Waals surface area contributed by atoms with E-state index in [1.165, 1.54) is 37.8 Å². The lowest BCUT2D eigenvalue weighted by molar-refractivity contribution is -0.137. The predicted molar refractivity (Wildman–Crippen MR) is 165 cm³/mol. The highest BCUT2D eigenvalue weighted by Crippen LogP contribution is 2.55. The third kappa shape index (κ3) is 6.90. The molecule has 7 rings (SSSR count). The molecule has 5 aliphatic rings. The number of halogens is 4. The molecular formula is C32H40BrF3N6. The number of aliphatic imine (C=N–C) groups is 2. The van der Waals surface area contributed by atoms with E-state index in [1.54, 1.807) is 6.07 Å². The van der Waals surface area contributed by atoms with Crippen molar-refractivity contribution in [2.24, 2.45) is 27.7 Å². The van der Waals surface area contributed by atoms with E-state index >= 15 is 0 Å². The summed E-state index contributed by atoms with van der Waals surface area (Å²) in [4.78, 5) is 9.48. The van der Waals surface area contributed by atoms with Gasteiger partial charge in [-0.15, -0.1) is 0 Å². The van der Waals surface area contributed by atoms with Crippen molar-refractivity contribution >= 4 is 39.2 Å². The van der Waals surface area contributed by atoms with E-state index in [-0.39, 0.29) is 17.3 Å². The molecule has 0 aromatic heterocycles. The summed E-state index contributed by atoms with van der Waals surface area (Å²) in [5.41, 5.74) is 7.19. The van der Waals surface area contributed by atoms with Crippen molar-refractivity contribution in [1.82, 2.24) is 21.5 Å². The Labute approximate surface area is 254 Å². The average molecular weight is 646 g/mol. The molecule has 2 aromatic carbocycles. The van der Waals surface area contributed by atoms with Crippen LogP contribution in [0.25, 0.3) is 0 Å². The van der Waals surface area contributed by atoms with Gasteiger partial charge in [-0.25, -0.2) is 9.98 Å². The van der Waals surface area contributed by atoms with Crippen LogP contribution in [0.5, 0.6) is 0 Å². The highest BCUT2D eigenvalue weighted by Gasteiger charge is 2.51. The van der Waals surface area contributed by atoms with Crippen LogP contribution in [-0.4, -0.2) is 23.5 Å². The lowest BCUT2D eigenvalue weighted by Gasteiger charge is -2.57. The summed E-state index contributed by atoms with van der Waals surface area (Å²) in [6, 6.07) is 11.7. The second-order valence-corrected chi connectivity index (χ2v) is 13.8. The van der Waals surface area contributed by atoms with Crippen LogP contribution in [0, 0.1) is 24.7 Å². The average Bonchev–Trinajstić information content (AvgIpc) is 2.92. The van der Waals surface area contributed by atoms with Gasteiger partial charge in [-0.05, 0) is 112 Å². The Morgan fingerprint density at radius 1 is 0.833 bits per heavy atom. The maximum atomic E-state index is 13.9. The first-order valence-corrected chi connectivity index (χ1v) is 16.1. The van der Waals surface area contributed by atoms with Gasteiger partial charge in [0.2, 0.25) is 11.9 Å². The van der Waals surface area contributed by atoms with E-state index in [9.17, 15) is 13.2 Å². The Bertz CT molecular complexity index is 1300. The fraction of sp³-hybridized carbons (Fsp3) is 0.562. The zero-order valence-corrected chi connectivity index (χ0v) is 25.6. The molecule has 2 aromatic rings. The summed E-state index contributed by atoms with van der Waals surface area (Å²) in [7, 11) is 0. The van der Waals surface area contributed by atoms with E-state index < -0.39 is 11.7 Å². The maximum absolute atomic E-state index is 13.9. The molecule has 0 heterocycles. The summed E-state index contributed by atoms with van der Waals surface area (Å²) >= 11 is 3.52. The number of guanidine groups is 2. The molecule has 5 fully saturated rings. The van der Waals surface area contributed by atoms with E-state index in [1.807, 2.05) is 25.1 Å². The number of benzene rings is 2. The Morgan fingerprint density at radius 3 is 2.10 bits per heavy atom. The number of para-hydroxylation sites is 1. The van der Waals surface area contributed by atoms with E-state index in [4.69, 9.17) is 4.99 Å². The van der Waals surface area contributed by atoms with E-state index in [2.05, 4.69) is 42.4 Å². The summed E-state index contributed by atoms with van der Waals surface area (Å²) in [5.74, 6) is 2.83. The van der Waals surface area contributed by atoms with Gasteiger partial charge < -0.3 is 10.6 Å². The molecule has 0 amide bonds. The Balaban J connectivity index is 1.31. The quantitative estimate of drug-likeness (QED) is 0.154. The van der Waals surface area contributed by atoms with Gasteiger partial charge >= 0.3 is 6.18 Å². The monoisotopic (exact) mass is 644 g/mol. The van der Waals surface area contributed by atoms with Crippen LogP contribution in [0.3, 0.4) is 0 Å². The largest absolute Gasteiger partial charge is 0.418 e. The highest BCUT2D eigenvalue weighted by atomic mass is 79.9. The summed E-state index contributed by atoms with van der Waals surface area (Å²) in [5, 5.41) is 7.21. The molecule has 0 unspecified atom stereocenters. The van der Waals surface area contributed by atoms with Crippen molar-refractivity contribution in [3.8, 4) is 0 Å². The number of hydrogen-bond donors (Lipinski definition) is 4. The standard InChI is InChI=1S/C32H40BrF3N6/c1-20-13-24(33)11-12-27(20)38-29(37-25-7-3-2-4-8-25)41-42-30(39-28-10-6-5-9-26(28)32(34,35)36)40-31-17-21-14-22(18-31)16-23(15-21)19-31/h5-6,9-13,21-23,25H,2-4,7-8,14-19H2,1H3,(H2,37,38,41)(H2,39,40,42). The first kappa shape index (κ1) is 29.3. The lowest BCUT2D eigenvalue weighted by atomic mass is 9.53. The van der Waals surface area contributed by atoms with Crippen LogP contribution in [0.2, 0.25) is 0 Å². The van der Waals surface area contributed by atoms with Gasteiger partial charge in [0.05, 0.1) is 16.9 Å². The van der Waals surface area contributed by atoms with Gasteiger partial charge in [0.25, 0.3) is 0 Å². The van der Waals surface area contributed by atoms with Gasteiger partial charge in [-0.2, -0.15) is 13.2 Å². The summed E-state index contributed by atoms with van der Waals surface area (Å²) in [6.45, 7) is 2.00. The summed E-state index contributed by atoms with van der Waals surface area (Å²) in [6.07, 6.45) is 8.02. The van der Waals surface area contributed by atoms with Crippen molar-refractivity contribution in [2.75, 3.05) is 0 Å². The smallest absolute Gasteiger partial charge is 0.352 e. The normalized spacial score (nSPS) is 28.1. The molecule has 4 bridgehead atoms. The number of rotatable bonds is 4. The fourth-order valence-corrected chi connectivity index (χ4v) is 8.53. The third-order valence-corrected chi connectivity index (χ3v) is 9.99. The molecule has 0 saturated heterocycles. The van der Waals surface area contributed by atoms with E-state index in [0.717, 1.165) is 66.7 Å². The molecule has 0 spiro atoms. The van der Waals surface area contributed by atoms with Gasteiger partial charge in [0.15, 0.2) is 0 Å². The molecule has 0 aliphatic heterocycles. The minimum atomic E-state index is -4.51. The predicted octanol–water partition coefficient (Wildman–Crippen LogP) is 8.03. The molecule has 0 atom stereocenters. The molecule has 5 saturated carbocycles. The second kappa shape index (κ2) is 12.1. The molecule has 4 N–H and O–H groups in total. The van der Waals surface area contributed by atoms with Gasteiger partial charge in [-0.1, -0.05) is 47.3 Å². The molecule has 5 aliphatic carbocycles. The number of nitrogens with zero attached hydrogens (tertiary/aromatic N) is 2. The van der Waals surface area contributed by atoms with Crippen LogP contribution in [0.1, 0.15) is 81.8 Å². The van der Waals surface area contributed by atoms with Crippen molar-refractivity contribution in [1.29, 1.82) is 0 Å². The molecule has 6 nitrogen and oxygen atoms in total. The zero-order chi connectivity index (χ0) is 29.3. The number of alkyl halides is 3. The van der Waals surface area contributed by atoms with Crippen LogP contribution in [0.15, 0.2) is 56.9 Å². The topological polar surface area (TPSA) is 72.8 Å². The van der Waals surface area contributed by atoms with Crippen LogP contribution < -0.4 is 21.5 Å². The molecule has 0 radical (unpaired) electrons. The van der Waals surface area contributed by atoms with Crippen LogP contribution >= 0.6 is 15.9 Å². The van der Waals surface area contributed by atoms with E-state index in [0.29, 0.717) is 29.7 Å². The zero-order valence-electron chi connectivity index (χ0n) is 24.0. The van der Waals surface area contributed by atoms with Crippen molar-refractivity contribution in [2.45, 2.75) is 95.3 Å². The SMILES string of the molecule is Cc1cc(Br)ccc1N=C(NNC(=Nc1ccccc1C(F)(F)F)NC12CC3CC(CC(C3)C1)C2)NC1CCCCC1. The van der Waals surface area contributed by atoms with Gasteiger partial charge in [-0.3, -0.25) is 10.9 Å².